The van der Waals surface area contributed by atoms with E-state index in [9.17, 15) is 0 Å². The minimum absolute atomic E-state index is 0.905. The fourth-order valence-electron chi connectivity index (χ4n) is 17.8. The highest BCUT2D eigenvalue weighted by Gasteiger charge is 2.30. The minimum atomic E-state index is 0.905. The maximum Gasteiger partial charge on any atom is 0.155 e. The Balaban J connectivity index is 0.734. The zero-order valence-corrected chi connectivity index (χ0v) is 57.8. The highest BCUT2D eigenvalue weighted by Crippen LogP contribution is 2.52. The third-order valence-electron chi connectivity index (χ3n) is 22.0. The molecule has 104 heavy (non-hydrogen) atoms. The van der Waals surface area contributed by atoms with Gasteiger partial charge in [-0.25, -0.2) is 15.0 Å². The van der Waals surface area contributed by atoms with Crippen LogP contribution in [-0.2, 0) is 0 Å². The monoisotopic (exact) mass is 1380 g/mol. The first kappa shape index (κ1) is 56.7. The molecule has 11 heterocycles. The summed E-state index contributed by atoms with van der Waals surface area (Å²) in [6.07, 6.45) is 6.01. The zero-order valence-electron chi connectivity index (χ0n) is 55.3. The molecule has 0 radical (unpaired) electrons. The molecule has 0 saturated carbocycles. The van der Waals surface area contributed by atoms with E-state index in [1.54, 1.807) is 0 Å². The van der Waals surface area contributed by atoms with E-state index in [1.165, 1.54) is 95.2 Å². The van der Waals surface area contributed by atoms with Crippen molar-refractivity contribution in [3.8, 4) is 51.1 Å². The summed E-state index contributed by atoms with van der Waals surface area (Å²) in [6.45, 7) is 0. The molecule has 482 valence electrons. The summed E-state index contributed by atoms with van der Waals surface area (Å²) in [7, 11) is 0. The van der Waals surface area contributed by atoms with Gasteiger partial charge >= 0.3 is 0 Å². The molecule has 0 bridgehead atoms. The summed E-state index contributed by atoms with van der Waals surface area (Å²) in [6, 6.07) is 110. The number of benzene rings is 13. The fraction of sp³-hybridized carbons (Fsp3) is 0. The van der Waals surface area contributed by atoms with Crippen LogP contribution in [0.25, 0.3) is 221 Å². The Kier molecular flexibility index (Phi) is 11.6. The SMILES string of the molecule is c1ccc(-c2c3c(cc4c5c(-c6ccc7c(c6)c6ccccc6n7-c6ccc7sc8c(-n9c%10ccccc%10c%10cccc(-n%11c%12ccccc%12c%12ccccc%12%11)c%109)nccc8c7c6)cccc5n(-c5nccc6c5sc5ccccc56)c24)c2ccccc2n3-c2nccc3c2sc2ccccc23)cc1. The second kappa shape index (κ2) is 21.3. The summed E-state index contributed by atoms with van der Waals surface area (Å²) in [5.74, 6) is 2.75. The Morgan fingerprint density at radius 2 is 0.663 bits per heavy atom. The van der Waals surface area contributed by atoms with Crippen LogP contribution >= 0.6 is 34.0 Å². The molecule has 11 aromatic heterocycles. The van der Waals surface area contributed by atoms with Gasteiger partial charge in [0.2, 0.25) is 0 Å². The molecule has 0 aliphatic heterocycles. The number of rotatable bonds is 7. The lowest BCUT2D eigenvalue weighted by Crippen LogP contribution is -2.02. The van der Waals surface area contributed by atoms with Crippen molar-refractivity contribution in [2.75, 3.05) is 0 Å². The van der Waals surface area contributed by atoms with Gasteiger partial charge in [0.1, 0.15) is 0 Å². The molecule has 0 aliphatic rings. The number of para-hydroxylation sites is 6. The standard InChI is InChI=1S/C93H52N8S3/c1-2-20-53(21-3-1)83-86-70(61-26-8-15-35-76(61)100(86)92-88-65(44-47-95-92)62-27-9-16-38-80(62)102-88)52-71-84-56(29-18-36-78(84)101(87(71)83)93-89-66(45-48-96-93)63-28-10-17-39-81(63)103-89)54-40-42-77-68(50-54)60-25-7-11-31-72(60)97(77)55-41-43-82-69(51-55)67-46-49-94-91(90(67)104-82)99-75-34-14-6-24-59(75)64-30-19-37-79(85(64)99)98-73-32-12-4-22-57(73)58-23-5-13-33-74(58)98/h1-52H. The van der Waals surface area contributed by atoms with Gasteiger partial charge in [0, 0.05) is 130 Å². The van der Waals surface area contributed by atoms with Gasteiger partial charge in [0.15, 0.2) is 17.5 Å². The quantitative estimate of drug-likeness (QED) is 0.160. The molecule has 0 spiro atoms. The van der Waals surface area contributed by atoms with Crippen molar-refractivity contribution < 1.29 is 0 Å². The van der Waals surface area contributed by atoms with Gasteiger partial charge in [-0.3, -0.25) is 13.7 Å². The Bertz CT molecular complexity index is 7830. The summed E-state index contributed by atoms with van der Waals surface area (Å²) >= 11 is 5.46. The van der Waals surface area contributed by atoms with Crippen LogP contribution in [0.4, 0.5) is 0 Å². The third kappa shape index (κ3) is 7.65. The normalized spacial score (nSPS) is 12.4. The maximum absolute atomic E-state index is 5.50. The number of hydrogen-bond acceptors (Lipinski definition) is 6. The summed E-state index contributed by atoms with van der Waals surface area (Å²) in [5.41, 5.74) is 18.0. The van der Waals surface area contributed by atoms with E-state index in [1.807, 2.05) is 52.6 Å². The van der Waals surface area contributed by atoms with Gasteiger partial charge in [0.25, 0.3) is 0 Å². The van der Waals surface area contributed by atoms with E-state index in [0.717, 1.165) is 125 Å². The van der Waals surface area contributed by atoms with Crippen LogP contribution in [0.3, 0.4) is 0 Å². The summed E-state index contributed by atoms with van der Waals surface area (Å²) in [4.78, 5) is 16.3. The number of fused-ring (bicyclic) bond motifs is 24. The Morgan fingerprint density at radius 3 is 1.27 bits per heavy atom. The topological polar surface area (TPSA) is 63.3 Å². The Hall–Kier alpha value is -13.0. The van der Waals surface area contributed by atoms with E-state index >= 15 is 0 Å². The molecule has 0 amide bonds. The molecule has 13 aromatic carbocycles. The Labute approximate surface area is 603 Å². The lowest BCUT2D eigenvalue weighted by molar-refractivity contribution is 1.08. The predicted molar refractivity (Wildman–Crippen MR) is 441 cm³/mol. The molecular formula is C93H52N8S3. The number of aromatic nitrogens is 8. The van der Waals surface area contributed by atoms with Crippen molar-refractivity contribution in [2.24, 2.45) is 0 Å². The molecule has 11 heteroatoms. The van der Waals surface area contributed by atoms with Crippen molar-refractivity contribution >= 4 is 204 Å². The molecule has 24 rings (SSSR count). The van der Waals surface area contributed by atoms with Crippen LogP contribution in [0.2, 0.25) is 0 Å². The third-order valence-corrected chi connectivity index (χ3v) is 25.6. The molecule has 0 atom stereocenters. The van der Waals surface area contributed by atoms with Crippen LogP contribution in [0.1, 0.15) is 0 Å². The highest BCUT2D eigenvalue weighted by atomic mass is 32.1. The van der Waals surface area contributed by atoms with Gasteiger partial charge in [-0.05, 0) is 126 Å². The number of pyridine rings is 3. The number of nitrogens with zero attached hydrogens (tertiary/aromatic N) is 8. The van der Waals surface area contributed by atoms with Crippen LogP contribution in [0.15, 0.2) is 316 Å². The first-order chi connectivity index (χ1) is 51.6. The average Bonchev–Trinajstić information content (AvgIpc) is 1.53. The van der Waals surface area contributed by atoms with Crippen molar-refractivity contribution in [1.82, 2.24) is 37.8 Å². The first-order valence-corrected chi connectivity index (χ1v) is 37.6. The molecule has 0 aliphatic carbocycles. The molecule has 24 aromatic rings. The molecule has 0 fully saturated rings. The number of hydrogen-bond donors (Lipinski definition) is 0. The molecule has 0 saturated heterocycles. The van der Waals surface area contributed by atoms with E-state index in [-0.39, 0.29) is 0 Å². The van der Waals surface area contributed by atoms with Gasteiger partial charge < -0.3 is 9.13 Å². The van der Waals surface area contributed by atoms with Gasteiger partial charge in [-0.1, -0.05) is 188 Å². The highest BCUT2D eigenvalue weighted by molar-refractivity contribution is 7.27. The maximum atomic E-state index is 5.50. The van der Waals surface area contributed by atoms with Crippen molar-refractivity contribution in [3.63, 3.8) is 0 Å². The summed E-state index contributed by atoms with van der Waals surface area (Å²) < 4.78 is 19.4. The van der Waals surface area contributed by atoms with E-state index in [0.29, 0.717) is 0 Å². The molecule has 0 unspecified atom stereocenters. The Morgan fingerprint density at radius 1 is 0.231 bits per heavy atom. The second-order valence-electron chi connectivity index (χ2n) is 27.3. The average molecular weight is 1380 g/mol. The van der Waals surface area contributed by atoms with Crippen LogP contribution in [0.5, 0.6) is 0 Å². The molecular weight excluding hydrogens is 1330 g/mol. The van der Waals surface area contributed by atoms with Crippen molar-refractivity contribution in [2.45, 2.75) is 0 Å². The number of thiophene rings is 3. The van der Waals surface area contributed by atoms with E-state index in [2.05, 4.69) is 320 Å². The van der Waals surface area contributed by atoms with Gasteiger partial charge in [-0.15, -0.1) is 34.0 Å². The fourth-order valence-corrected chi connectivity index (χ4v) is 21.3. The van der Waals surface area contributed by atoms with Crippen LogP contribution in [-0.4, -0.2) is 37.8 Å². The predicted octanol–water partition coefficient (Wildman–Crippen LogP) is 25.8. The lowest BCUT2D eigenvalue weighted by atomic mass is 9.94. The minimum Gasteiger partial charge on any atom is -0.309 e. The van der Waals surface area contributed by atoms with Gasteiger partial charge in [0.05, 0.1) is 75.0 Å². The van der Waals surface area contributed by atoms with E-state index < -0.39 is 0 Å². The van der Waals surface area contributed by atoms with Crippen molar-refractivity contribution in [1.29, 1.82) is 0 Å². The van der Waals surface area contributed by atoms with Crippen LogP contribution < -0.4 is 0 Å². The van der Waals surface area contributed by atoms with Crippen LogP contribution in [0, 0.1) is 0 Å². The van der Waals surface area contributed by atoms with Gasteiger partial charge in [-0.2, -0.15) is 0 Å². The first-order valence-electron chi connectivity index (χ1n) is 35.1. The molecule has 8 nitrogen and oxygen atoms in total. The van der Waals surface area contributed by atoms with E-state index in [4.69, 9.17) is 15.0 Å². The lowest BCUT2D eigenvalue weighted by Gasteiger charge is -2.16. The smallest absolute Gasteiger partial charge is 0.155 e. The summed E-state index contributed by atoms with van der Waals surface area (Å²) in [5, 5.41) is 19.1. The zero-order chi connectivity index (χ0) is 67.6. The molecule has 0 N–H and O–H groups in total. The second-order valence-corrected chi connectivity index (χ2v) is 30.4. The van der Waals surface area contributed by atoms with Crippen molar-refractivity contribution in [3.05, 3.63) is 316 Å². The largest absolute Gasteiger partial charge is 0.309 e.